The molecule has 1 heterocycles. The summed E-state index contributed by atoms with van der Waals surface area (Å²) in [7, 11) is 1.54. The van der Waals surface area contributed by atoms with E-state index in [1.54, 1.807) is 4.90 Å². The van der Waals surface area contributed by atoms with E-state index >= 15 is 0 Å². The van der Waals surface area contributed by atoms with Gasteiger partial charge in [-0.3, -0.25) is 19.2 Å². The highest BCUT2D eigenvalue weighted by Gasteiger charge is 2.28. The Bertz CT molecular complexity index is 552. The SMILES string of the molecule is CN(CC(=O)N1CCC(C(=O)O)CC1)C(=O)CNC(=O)CC1CCCCC1. The van der Waals surface area contributed by atoms with E-state index in [4.69, 9.17) is 5.11 Å². The van der Waals surface area contributed by atoms with Crippen LogP contribution in [-0.2, 0) is 19.2 Å². The van der Waals surface area contributed by atoms with Crippen LogP contribution in [0.4, 0.5) is 0 Å². The van der Waals surface area contributed by atoms with Gasteiger partial charge in [0.1, 0.15) is 0 Å². The molecule has 1 aliphatic heterocycles. The van der Waals surface area contributed by atoms with Crippen LogP contribution >= 0.6 is 0 Å². The predicted molar refractivity (Wildman–Crippen MR) is 98.8 cm³/mol. The number of piperidine rings is 1. The summed E-state index contributed by atoms with van der Waals surface area (Å²) in [5, 5.41) is 11.7. The fourth-order valence-corrected chi connectivity index (χ4v) is 3.80. The summed E-state index contributed by atoms with van der Waals surface area (Å²) in [6.07, 6.45) is 7.09. The van der Waals surface area contributed by atoms with Crippen LogP contribution < -0.4 is 5.32 Å². The van der Waals surface area contributed by atoms with E-state index in [2.05, 4.69) is 5.32 Å². The number of carboxylic acids is 1. The molecular formula is C19H31N3O5. The highest BCUT2D eigenvalue weighted by Crippen LogP contribution is 2.26. The molecule has 2 N–H and O–H groups in total. The van der Waals surface area contributed by atoms with Crippen LogP contribution in [0.1, 0.15) is 51.4 Å². The van der Waals surface area contributed by atoms with Gasteiger partial charge in [-0.2, -0.15) is 0 Å². The van der Waals surface area contributed by atoms with Crippen molar-refractivity contribution < 1.29 is 24.3 Å². The van der Waals surface area contributed by atoms with Crippen LogP contribution in [-0.4, -0.2) is 71.8 Å². The van der Waals surface area contributed by atoms with Gasteiger partial charge in [0.25, 0.3) is 0 Å². The average molecular weight is 381 g/mol. The van der Waals surface area contributed by atoms with E-state index < -0.39 is 11.9 Å². The predicted octanol–water partition coefficient (Wildman–Crippen LogP) is 0.855. The smallest absolute Gasteiger partial charge is 0.306 e. The Morgan fingerprint density at radius 2 is 1.67 bits per heavy atom. The molecule has 1 saturated carbocycles. The second-order valence-corrected chi connectivity index (χ2v) is 7.73. The number of carboxylic acid groups (broad SMARTS) is 1. The molecule has 0 radical (unpaired) electrons. The number of carbonyl (C=O) groups excluding carboxylic acids is 3. The van der Waals surface area contributed by atoms with E-state index in [0.29, 0.717) is 38.3 Å². The second-order valence-electron chi connectivity index (χ2n) is 7.73. The van der Waals surface area contributed by atoms with Gasteiger partial charge < -0.3 is 20.2 Å². The largest absolute Gasteiger partial charge is 0.481 e. The number of carbonyl (C=O) groups is 4. The van der Waals surface area contributed by atoms with Gasteiger partial charge in [-0.25, -0.2) is 0 Å². The first kappa shape index (κ1) is 21.2. The number of hydrogen-bond donors (Lipinski definition) is 2. The molecule has 27 heavy (non-hydrogen) atoms. The average Bonchev–Trinajstić information content (AvgIpc) is 2.66. The molecule has 0 unspecified atom stereocenters. The third-order valence-corrected chi connectivity index (χ3v) is 5.63. The summed E-state index contributed by atoms with van der Waals surface area (Å²) < 4.78 is 0. The molecule has 0 aromatic heterocycles. The number of amides is 3. The number of rotatable bonds is 7. The third kappa shape index (κ3) is 6.84. The van der Waals surface area contributed by atoms with Gasteiger partial charge in [-0.05, 0) is 31.6 Å². The van der Waals surface area contributed by atoms with Crippen molar-refractivity contribution in [1.82, 2.24) is 15.1 Å². The number of likely N-dealkylation sites (N-methyl/N-ethyl adjacent to an activating group) is 1. The quantitative estimate of drug-likeness (QED) is 0.680. The van der Waals surface area contributed by atoms with Crippen molar-refractivity contribution in [3.63, 3.8) is 0 Å². The summed E-state index contributed by atoms with van der Waals surface area (Å²) in [6.45, 7) is 0.636. The highest BCUT2D eigenvalue weighted by atomic mass is 16.4. The Morgan fingerprint density at radius 1 is 1.04 bits per heavy atom. The second kappa shape index (κ2) is 10.3. The highest BCUT2D eigenvalue weighted by molar-refractivity contribution is 5.88. The molecule has 1 saturated heterocycles. The number of nitrogens with zero attached hydrogens (tertiary/aromatic N) is 2. The lowest BCUT2D eigenvalue weighted by Gasteiger charge is -2.31. The minimum Gasteiger partial charge on any atom is -0.481 e. The maximum Gasteiger partial charge on any atom is 0.306 e. The zero-order valence-electron chi connectivity index (χ0n) is 16.1. The van der Waals surface area contributed by atoms with Crippen molar-refractivity contribution in [1.29, 1.82) is 0 Å². The van der Waals surface area contributed by atoms with Gasteiger partial charge in [0, 0.05) is 26.6 Å². The zero-order valence-corrected chi connectivity index (χ0v) is 16.1. The summed E-state index contributed by atoms with van der Waals surface area (Å²) >= 11 is 0. The number of aliphatic carboxylic acids is 1. The topological polar surface area (TPSA) is 107 Å². The van der Waals surface area contributed by atoms with E-state index in [1.165, 1.54) is 31.2 Å². The Hall–Kier alpha value is -2.12. The van der Waals surface area contributed by atoms with Crippen LogP contribution in [0.25, 0.3) is 0 Å². The summed E-state index contributed by atoms with van der Waals surface area (Å²) in [6, 6.07) is 0. The van der Waals surface area contributed by atoms with Gasteiger partial charge in [0.2, 0.25) is 17.7 Å². The molecule has 2 fully saturated rings. The number of likely N-dealkylation sites (tertiary alicyclic amines) is 1. The normalized spacial score (nSPS) is 18.8. The van der Waals surface area contributed by atoms with Crippen LogP contribution in [0.2, 0.25) is 0 Å². The zero-order chi connectivity index (χ0) is 19.8. The Balaban J connectivity index is 1.66. The third-order valence-electron chi connectivity index (χ3n) is 5.63. The fourth-order valence-electron chi connectivity index (χ4n) is 3.80. The van der Waals surface area contributed by atoms with Crippen molar-refractivity contribution in [2.45, 2.75) is 51.4 Å². The summed E-state index contributed by atoms with van der Waals surface area (Å²) in [5.41, 5.74) is 0. The van der Waals surface area contributed by atoms with Crippen molar-refractivity contribution in [2.24, 2.45) is 11.8 Å². The molecule has 0 aromatic carbocycles. The Labute approximate surface area is 160 Å². The van der Waals surface area contributed by atoms with Crippen LogP contribution in [0.3, 0.4) is 0 Å². The lowest BCUT2D eigenvalue weighted by molar-refractivity contribution is -0.146. The van der Waals surface area contributed by atoms with Crippen molar-refractivity contribution in [3.05, 3.63) is 0 Å². The maximum absolute atomic E-state index is 12.3. The van der Waals surface area contributed by atoms with Crippen molar-refractivity contribution in [2.75, 3.05) is 33.2 Å². The van der Waals surface area contributed by atoms with Gasteiger partial charge in [-0.15, -0.1) is 0 Å². The molecule has 1 aliphatic carbocycles. The molecular weight excluding hydrogens is 350 g/mol. The molecule has 3 amide bonds. The van der Waals surface area contributed by atoms with Gasteiger partial charge in [0.05, 0.1) is 19.0 Å². The van der Waals surface area contributed by atoms with Crippen molar-refractivity contribution >= 4 is 23.7 Å². The first-order valence-corrected chi connectivity index (χ1v) is 9.88. The Kier molecular flexibility index (Phi) is 8.06. The first-order valence-electron chi connectivity index (χ1n) is 9.88. The molecule has 0 atom stereocenters. The number of hydrogen-bond acceptors (Lipinski definition) is 4. The fraction of sp³-hybridized carbons (Fsp3) is 0.789. The minimum absolute atomic E-state index is 0.0604. The van der Waals surface area contributed by atoms with Crippen molar-refractivity contribution in [3.8, 4) is 0 Å². The first-order chi connectivity index (χ1) is 12.9. The number of nitrogens with one attached hydrogen (secondary N) is 1. The molecule has 8 nitrogen and oxygen atoms in total. The van der Waals surface area contributed by atoms with E-state index in [9.17, 15) is 19.2 Å². The van der Waals surface area contributed by atoms with Gasteiger partial charge in [-0.1, -0.05) is 19.3 Å². The van der Waals surface area contributed by atoms with E-state index in [0.717, 1.165) is 12.8 Å². The van der Waals surface area contributed by atoms with Crippen LogP contribution in [0, 0.1) is 11.8 Å². The maximum atomic E-state index is 12.3. The minimum atomic E-state index is -0.821. The van der Waals surface area contributed by atoms with Gasteiger partial charge >= 0.3 is 5.97 Å². The molecule has 0 aromatic rings. The van der Waals surface area contributed by atoms with Gasteiger partial charge in [0.15, 0.2) is 0 Å². The molecule has 0 spiro atoms. The van der Waals surface area contributed by atoms with Crippen LogP contribution in [0.5, 0.6) is 0 Å². The molecule has 152 valence electrons. The molecule has 2 aliphatic rings. The standard InChI is InChI=1S/C19H31N3O5/c1-21(13-18(25)22-9-7-15(8-10-22)19(26)27)17(24)12-20-16(23)11-14-5-3-2-4-6-14/h14-15H,2-13H2,1H3,(H,20,23)(H,26,27). The summed E-state index contributed by atoms with van der Waals surface area (Å²) in [5.74, 6) is -1.40. The molecule has 0 bridgehead atoms. The Morgan fingerprint density at radius 3 is 2.26 bits per heavy atom. The molecule has 8 heteroatoms. The monoisotopic (exact) mass is 381 g/mol. The van der Waals surface area contributed by atoms with E-state index in [-0.39, 0.29) is 30.8 Å². The lowest BCUT2D eigenvalue weighted by Crippen LogP contribution is -2.47. The summed E-state index contributed by atoms with van der Waals surface area (Å²) in [4.78, 5) is 50.3. The lowest BCUT2D eigenvalue weighted by atomic mass is 9.87. The molecule has 2 rings (SSSR count). The van der Waals surface area contributed by atoms with Crippen LogP contribution in [0.15, 0.2) is 0 Å². The van der Waals surface area contributed by atoms with E-state index in [1.807, 2.05) is 0 Å².